The summed E-state index contributed by atoms with van der Waals surface area (Å²) in [6, 6.07) is 13.3. The fourth-order valence-electron chi connectivity index (χ4n) is 3.26. The second kappa shape index (κ2) is 9.55. The lowest BCUT2D eigenvalue weighted by atomic mass is 10.1. The van der Waals surface area contributed by atoms with Crippen molar-refractivity contribution in [1.82, 2.24) is 4.90 Å². The standard InChI is InChI=1S/C22H26N2O3S/c1-16-7-6-8-18(13-16)23-21(25)15-27-19-10-9-17(14-20(19)26-2)22(28)24-11-4-3-5-12-24/h6-10,13-14H,3-5,11-12,15H2,1-2H3,(H,23,25). The molecule has 0 spiro atoms. The van der Waals surface area contributed by atoms with Gasteiger partial charge in [-0.1, -0.05) is 24.4 Å². The number of nitrogens with zero attached hydrogens (tertiary/aromatic N) is 1. The quantitative estimate of drug-likeness (QED) is 0.740. The highest BCUT2D eigenvalue weighted by atomic mass is 32.1. The Morgan fingerprint density at radius 3 is 2.61 bits per heavy atom. The molecule has 0 radical (unpaired) electrons. The third kappa shape index (κ3) is 5.23. The molecule has 0 aromatic heterocycles. The third-order valence-corrected chi connectivity index (χ3v) is 5.21. The van der Waals surface area contributed by atoms with Gasteiger partial charge in [-0.05, 0) is 62.1 Å². The van der Waals surface area contributed by atoms with E-state index in [9.17, 15) is 4.79 Å². The first-order chi connectivity index (χ1) is 13.6. The fraction of sp³-hybridized carbons (Fsp3) is 0.364. The molecular weight excluding hydrogens is 372 g/mol. The van der Waals surface area contributed by atoms with Gasteiger partial charge in [0.2, 0.25) is 0 Å². The lowest BCUT2D eigenvalue weighted by molar-refractivity contribution is -0.118. The predicted molar refractivity (Wildman–Crippen MR) is 115 cm³/mol. The van der Waals surface area contributed by atoms with Gasteiger partial charge in [-0.2, -0.15) is 0 Å². The van der Waals surface area contributed by atoms with Gasteiger partial charge < -0.3 is 19.7 Å². The molecule has 1 heterocycles. The Labute approximate surface area is 171 Å². The summed E-state index contributed by atoms with van der Waals surface area (Å²) in [5.41, 5.74) is 2.77. The first-order valence-corrected chi connectivity index (χ1v) is 9.94. The number of likely N-dealkylation sites (tertiary alicyclic amines) is 1. The molecule has 1 N–H and O–H groups in total. The summed E-state index contributed by atoms with van der Waals surface area (Å²) in [7, 11) is 1.59. The van der Waals surface area contributed by atoms with Crippen molar-refractivity contribution in [2.45, 2.75) is 26.2 Å². The van der Waals surface area contributed by atoms with Crippen LogP contribution in [0, 0.1) is 6.92 Å². The molecule has 2 aromatic rings. The monoisotopic (exact) mass is 398 g/mol. The molecule has 1 saturated heterocycles. The van der Waals surface area contributed by atoms with Crippen LogP contribution in [0.4, 0.5) is 5.69 Å². The average molecular weight is 399 g/mol. The number of ether oxygens (including phenoxy) is 2. The lowest BCUT2D eigenvalue weighted by Gasteiger charge is -2.29. The fourth-order valence-corrected chi connectivity index (χ4v) is 3.57. The van der Waals surface area contributed by atoms with Gasteiger partial charge in [0.15, 0.2) is 18.1 Å². The van der Waals surface area contributed by atoms with Crippen molar-refractivity contribution in [3.63, 3.8) is 0 Å². The highest BCUT2D eigenvalue weighted by Crippen LogP contribution is 2.29. The van der Waals surface area contributed by atoms with Crippen LogP contribution in [-0.2, 0) is 4.79 Å². The van der Waals surface area contributed by atoms with Gasteiger partial charge in [0.05, 0.1) is 7.11 Å². The van der Waals surface area contributed by atoms with E-state index in [1.807, 2.05) is 49.4 Å². The van der Waals surface area contributed by atoms with Crippen LogP contribution < -0.4 is 14.8 Å². The minimum Gasteiger partial charge on any atom is -0.493 e. The first-order valence-electron chi connectivity index (χ1n) is 9.53. The normalized spacial score (nSPS) is 13.7. The van der Waals surface area contributed by atoms with Crippen LogP contribution in [0.25, 0.3) is 0 Å². The molecule has 2 aromatic carbocycles. The number of methoxy groups -OCH3 is 1. The highest BCUT2D eigenvalue weighted by molar-refractivity contribution is 7.80. The molecule has 3 rings (SSSR count). The van der Waals surface area contributed by atoms with E-state index in [-0.39, 0.29) is 12.5 Å². The highest BCUT2D eigenvalue weighted by Gasteiger charge is 2.17. The van der Waals surface area contributed by atoms with Crippen molar-refractivity contribution in [3.8, 4) is 11.5 Å². The Hall–Kier alpha value is -2.60. The van der Waals surface area contributed by atoms with E-state index in [0.717, 1.165) is 34.9 Å². The van der Waals surface area contributed by atoms with Crippen LogP contribution in [0.3, 0.4) is 0 Å². The smallest absolute Gasteiger partial charge is 0.262 e. The number of piperidine rings is 1. The summed E-state index contributed by atoms with van der Waals surface area (Å²) < 4.78 is 11.1. The molecule has 0 aliphatic carbocycles. The van der Waals surface area contributed by atoms with Crippen molar-refractivity contribution in [2.75, 3.05) is 32.1 Å². The summed E-state index contributed by atoms with van der Waals surface area (Å²) in [5.74, 6) is 0.868. The maximum absolute atomic E-state index is 12.2. The molecular formula is C22H26N2O3S. The molecule has 28 heavy (non-hydrogen) atoms. The molecule has 1 aliphatic rings. The van der Waals surface area contributed by atoms with Gasteiger partial charge in [-0.25, -0.2) is 0 Å². The number of amides is 1. The van der Waals surface area contributed by atoms with Crippen LogP contribution in [0.15, 0.2) is 42.5 Å². The van der Waals surface area contributed by atoms with Crippen LogP contribution in [0.1, 0.15) is 30.4 Å². The molecule has 0 atom stereocenters. The van der Waals surface area contributed by atoms with Crippen LogP contribution in [0.5, 0.6) is 11.5 Å². The van der Waals surface area contributed by atoms with Crippen molar-refractivity contribution in [1.29, 1.82) is 0 Å². The summed E-state index contributed by atoms with van der Waals surface area (Å²) in [6.45, 7) is 3.88. The number of hydrogen-bond acceptors (Lipinski definition) is 4. The summed E-state index contributed by atoms with van der Waals surface area (Å²) in [5, 5.41) is 2.83. The topological polar surface area (TPSA) is 50.8 Å². The Balaban J connectivity index is 1.62. The van der Waals surface area contributed by atoms with E-state index in [0.29, 0.717) is 11.5 Å². The minimum atomic E-state index is -0.222. The number of carbonyl (C=O) groups excluding carboxylic acids is 1. The maximum Gasteiger partial charge on any atom is 0.262 e. The summed E-state index contributed by atoms with van der Waals surface area (Å²) in [6.07, 6.45) is 3.61. The molecule has 6 heteroatoms. The number of carbonyl (C=O) groups is 1. The molecule has 0 unspecified atom stereocenters. The van der Waals surface area contributed by atoms with Gasteiger partial charge in [-0.15, -0.1) is 0 Å². The van der Waals surface area contributed by atoms with Crippen LogP contribution >= 0.6 is 12.2 Å². The Morgan fingerprint density at radius 2 is 1.89 bits per heavy atom. The average Bonchev–Trinajstić information content (AvgIpc) is 2.72. The van der Waals surface area contributed by atoms with Crippen molar-refractivity contribution in [3.05, 3.63) is 53.6 Å². The van der Waals surface area contributed by atoms with E-state index in [1.54, 1.807) is 7.11 Å². The first kappa shape index (κ1) is 20.1. The number of benzene rings is 2. The van der Waals surface area contributed by atoms with E-state index >= 15 is 0 Å². The van der Waals surface area contributed by atoms with E-state index < -0.39 is 0 Å². The Morgan fingerprint density at radius 1 is 1.11 bits per heavy atom. The molecule has 1 amide bonds. The zero-order chi connectivity index (χ0) is 19.9. The van der Waals surface area contributed by atoms with Gasteiger partial charge in [0.25, 0.3) is 5.91 Å². The summed E-state index contributed by atoms with van der Waals surface area (Å²) in [4.78, 5) is 15.2. The van der Waals surface area contributed by atoms with Gasteiger partial charge in [0, 0.05) is 24.3 Å². The van der Waals surface area contributed by atoms with Crippen LogP contribution in [0.2, 0.25) is 0 Å². The minimum absolute atomic E-state index is 0.0970. The Kier molecular flexibility index (Phi) is 6.87. The van der Waals surface area contributed by atoms with Gasteiger partial charge >= 0.3 is 0 Å². The number of aryl methyl sites for hydroxylation is 1. The molecule has 0 saturated carbocycles. The SMILES string of the molecule is COc1cc(C(=S)N2CCCCC2)ccc1OCC(=O)Nc1cccc(C)c1. The summed E-state index contributed by atoms with van der Waals surface area (Å²) >= 11 is 5.65. The Bertz CT molecular complexity index is 847. The lowest BCUT2D eigenvalue weighted by Crippen LogP contribution is -2.34. The molecule has 1 aliphatic heterocycles. The third-order valence-electron chi connectivity index (χ3n) is 4.71. The second-order valence-corrected chi connectivity index (χ2v) is 7.31. The van der Waals surface area contributed by atoms with Gasteiger partial charge in [-0.3, -0.25) is 4.79 Å². The largest absolute Gasteiger partial charge is 0.493 e. The molecule has 1 fully saturated rings. The number of anilines is 1. The second-order valence-electron chi connectivity index (χ2n) is 6.92. The molecule has 5 nitrogen and oxygen atoms in total. The predicted octanol–water partition coefficient (Wildman–Crippen LogP) is 4.18. The maximum atomic E-state index is 12.2. The van der Waals surface area contributed by atoms with Crippen molar-refractivity contribution >= 4 is 28.8 Å². The van der Waals surface area contributed by atoms with Crippen molar-refractivity contribution in [2.24, 2.45) is 0 Å². The van der Waals surface area contributed by atoms with Crippen molar-refractivity contribution < 1.29 is 14.3 Å². The van der Waals surface area contributed by atoms with E-state index in [1.165, 1.54) is 19.3 Å². The number of rotatable bonds is 6. The number of nitrogens with one attached hydrogen (secondary N) is 1. The van der Waals surface area contributed by atoms with Crippen LogP contribution in [-0.4, -0.2) is 42.6 Å². The molecule has 148 valence electrons. The number of thiocarbonyl (C=S) groups is 1. The van der Waals surface area contributed by atoms with E-state index in [4.69, 9.17) is 21.7 Å². The zero-order valence-electron chi connectivity index (χ0n) is 16.4. The number of hydrogen-bond donors (Lipinski definition) is 1. The molecule has 0 bridgehead atoms. The van der Waals surface area contributed by atoms with Gasteiger partial charge in [0.1, 0.15) is 4.99 Å². The van der Waals surface area contributed by atoms with E-state index in [2.05, 4.69) is 10.2 Å². The zero-order valence-corrected chi connectivity index (χ0v) is 17.2.